The first-order chi connectivity index (χ1) is 10.8. The molecule has 0 aliphatic carbocycles. The lowest BCUT2D eigenvalue weighted by Gasteiger charge is -2.07. The third kappa shape index (κ3) is 4.90. The highest BCUT2D eigenvalue weighted by atomic mass is 35.5. The van der Waals surface area contributed by atoms with Crippen molar-refractivity contribution in [3.05, 3.63) is 46.7 Å². The Kier molecular flexibility index (Phi) is 5.59. The van der Waals surface area contributed by atoms with Gasteiger partial charge in [-0.25, -0.2) is 0 Å². The fourth-order valence-corrected chi connectivity index (χ4v) is 2.72. The number of thioether (sulfide) groups is 1. The number of rotatable bonds is 5. The molecule has 23 heavy (non-hydrogen) atoms. The number of aryl methyl sites for hydroxylation is 1. The van der Waals surface area contributed by atoms with Gasteiger partial charge < -0.3 is 5.32 Å². The van der Waals surface area contributed by atoms with E-state index >= 15 is 0 Å². The van der Waals surface area contributed by atoms with E-state index in [1.165, 1.54) is 18.8 Å². The average molecular weight is 364 g/mol. The quantitative estimate of drug-likeness (QED) is 0.652. The summed E-state index contributed by atoms with van der Waals surface area (Å²) in [5.74, 6) is -0.267. The Bertz CT molecular complexity index is 686. The number of alkyl halides is 3. The first-order valence-electron chi connectivity index (χ1n) is 6.55. The zero-order chi connectivity index (χ0) is 17.0. The van der Waals surface area contributed by atoms with Crippen molar-refractivity contribution in [3.8, 4) is 0 Å². The molecule has 2 rings (SSSR count). The van der Waals surface area contributed by atoms with Crippen LogP contribution in [0.25, 0.3) is 0 Å². The predicted octanol–water partition coefficient (Wildman–Crippen LogP) is 3.61. The molecule has 0 spiro atoms. The minimum atomic E-state index is -4.66. The van der Waals surface area contributed by atoms with Gasteiger partial charge in [0.15, 0.2) is 5.69 Å². The first kappa shape index (κ1) is 17.7. The smallest absolute Gasteiger partial charge is 0.351 e. The van der Waals surface area contributed by atoms with Gasteiger partial charge in [0.05, 0.1) is 5.56 Å². The molecule has 9 heteroatoms. The maximum Gasteiger partial charge on any atom is 0.435 e. The Morgan fingerprint density at radius 1 is 1.35 bits per heavy atom. The molecule has 4 nitrogen and oxygen atoms in total. The molecule has 0 aliphatic heterocycles. The fraction of sp³-hybridized carbons (Fsp3) is 0.286. The van der Waals surface area contributed by atoms with Gasteiger partial charge in [-0.15, -0.1) is 11.8 Å². The topological polar surface area (TPSA) is 46.9 Å². The molecule has 0 unspecified atom stereocenters. The summed E-state index contributed by atoms with van der Waals surface area (Å²) in [7, 11) is 1.34. The largest absolute Gasteiger partial charge is 0.435 e. The van der Waals surface area contributed by atoms with Crippen molar-refractivity contribution in [2.45, 2.75) is 11.1 Å². The number of carbonyl (C=O) groups excluding carboxylic acids is 1. The van der Waals surface area contributed by atoms with Gasteiger partial charge in [-0.2, -0.15) is 18.3 Å². The lowest BCUT2D eigenvalue weighted by molar-refractivity contribution is -0.141. The molecule has 1 heterocycles. The van der Waals surface area contributed by atoms with Crippen LogP contribution in [0.3, 0.4) is 0 Å². The van der Waals surface area contributed by atoms with E-state index in [2.05, 4.69) is 10.4 Å². The maximum atomic E-state index is 12.8. The molecule has 1 N–H and O–H groups in total. The van der Waals surface area contributed by atoms with Gasteiger partial charge in [0.25, 0.3) is 5.91 Å². The van der Waals surface area contributed by atoms with Crippen LogP contribution in [-0.4, -0.2) is 28.0 Å². The molecule has 2 aromatic rings. The van der Waals surface area contributed by atoms with E-state index in [0.717, 1.165) is 15.8 Å². The number of nitrogens with zero attached hydrogens (tertiary/aromatic N) is 2. The van der Waals surface area contributed by atoms with Gasteiger partial charge in [-0.05, 0) is 24.3 Å². The molecule has 124 valence electrons. The van der Waals surface area contributed by atoms with Crippen LogP contribution < -0.4 is 5.32 Å². The van der Waals surface area contributed by atoms with Gasteiger partial charge in [-0.1, -0.05) is 11.6 Å². The molecular formula is C14H13ClF3N3OS. The highest BCUT2D eigenvalue weighted by Crippen LogP contribution is 2.30. The molecule has 1 aromatic carbocycles. The molecule has 0 atom stereocenters. The first-order valence-corrected chi connectivity index (χ1v) is 7.91. The zero-order valence-corrected chi connectivity index (χ0v) is 13.6. The van der Waals surface area contributed by atoms with Crippen LogP contribution >= 0.6 is 23.4 Å². The van der Waals surface area contributed by atoms with Crippen LogP contribution in [-0.2, 0) is 13.2 Å². The lowest BCUT2D eigenvalue weighted by atomic mass is 10.2. The Labute approximate surface area is 140 Å². The van der Waals surface area contributed by atoms with Crippen molar-refractivity contribution in [1.29, 1.82) is 0 Å². The van der Waals surface area contributed by atoms with Gasteiger partial charge in [-0.3, -0.25) is 9.48 Å². The van der Waals surface area contributed by atoms with Crippen LogP contribution in [0.2, 0.25) is 5.02 Å². The van der Waals surface area contributed by atoms with Crippen LogP contribution in [0.5, 0.6) is 0 Å². The number of hydrogen-bond acceptors (Lipinski definition) is 3. The summed E-state index contributed by atoms with van der Waals surface area (Å²) >= 11 is 7.23. The molecule has 1 amide bonds. The second-order valence-electron chi connectivity index (χ2n) is 4.62. The molecule has 0 bridgehead atoms. The number of benzene rings is 1. The van der Waals surface area contributed by atoms with Crippen molar-refractivity contribution < 1.29 is 18.0 Å². The van der Waals surface area contributed by atoms with E-state index in [1.807, 2.05) is 12.1 Å². The Morgan fingerprint density at radius 2 is 2.00 bits per heavy atom. The third-order valence-corrected chi connectivity index (χ3v) is 4.08. The molecule has 0 saturated heterocycles. The highest BCUT2D eigenvalue weighted by molar-refractivity contribution is 7.99. The number of carbonyl (C=O) groups is 1. The van der Waals surface area contributed by atoms with Crippen molar-refractivity contribution in [3.63, 3.8) is 0 Å². The number of amides is 1. The standard InChI is InChI=1S/C14H13ClF3N3OS/c1-21-8-11(12(20-21)14(16,17)18)13(22)19-6-7-23-10-4-2-9(15)3-5-10/h2-5,8H,6-7H2,1H3,(H,19,22). The fourth-order valence-electron chi connectivity index (χ4n) is 1.82. The summed E-state index contributed by atoms with van der Waals surface area (Å²) in [6.45, 7) is 0.234. The van der Waals surface area contributed by atoms with E-state index < -0.39 is 23.3 Å². The average Bonchev–Trinajstić information content (AvgIpc) is 2.87. The minimum Gasteiger partial charge on any atom is -0.351 e. The lowest BCUT2D eigenvalue weighted by Crippen LogP contribution is -2.27. The SMILES string of the molecule is Cn1cc(C(=O)NCCSc2ccc(Cl)cc2)c(C(F)(F)F)n1. The minimum absolute atomic E-state index is 0.234. The van der Waals surface area contributed by atoms with Crippen molar-refractivity contribution in [2.24, 2.45) is 7.05 Å². The van der Waals surface area contributed by atoms with Crippen LogP contribution in [0.1, 0.15) is 16.1 Å². The summed E-state index contributed by atoms with van der Waals surface area (Å²) < 4.78 is 39.4. The van der Waals surface area contributed by atoms with Crippen molar-refractivity contribution in [2.75, 3.05) is 12.3 Å². The van der Waals surface area contributed by atoms with Gasteiger partial charge in [0.2, 0.25) is 0 Å². The summed E-state index contributed by atoms with van der Waals surface area (Å²) in [4.78, 5) is 12.8. The van der Waals surface area contributed by atoms with Crippen molar-refractivity contribution in [1.82, 2.24) is 15.1 Å². The maximum absolute atomic E-state index is 12.8. The Morgan fingerprint density at radius 3 is 2.61 bits per heavy atom. The van der Waals surface area contributed by atoms with Crippen LogP contribution in [0, 0.1) is 0 Å². The van der Waals surface area contributed by atoms with Gasteiger partial charge in [0, 0.05) is 35.5 Å². The van der Waals surface area contributed by atoms with E-state index in [0.29, 0.717) is 10.8 Å². The second kappa shape index (κ2) is 7.27. The van der Waals surface area contributed by atoms with E-state index in [4.69, 9.17) is 11.6 Å². The second-order valence-corrected chi connectivity index (χ2v) is 6.23. The van der Waals surface area contributed by atoms with Crippen molar-refractivity contribution >= 4 is 29.3 Å². The molecule has 0 fully saturated rings. The highest BCUT2D eigenvalue weighted by Gasteiger charge is 2.38. The number of nitrogens with one attached hydrogen (secondary N) is 1. The van der Waals surface area contributed by atoms with Crippen LogP contribution in [0.4, 0.5) is 13.2 Å². The van der Waals surface area contributed by atoms with E-state index in [9.17, 15) is 18.0 Å². The molecule has 0 saturated carbocycles. The summed E-state index contributed by atoms with van der Waals surface area (Å²) in [6, 6.07) is 7.15. The van der Waals surface area contributed by atoms with E-state index in [-0.39, 0.29) is 6.54 Å². The number of aromatic nitrogens is 2. The predicted molar refractivity (Wildman–Crippen MR) is 82.7 cm³/mol. The third-order valence-electron chi connectivity index (χ3n) is 2.81. The van der Waals surface area contributed by atoms with Gasteiger partial charge in [0.1, 0.15) is 0 Å². The monoisotopic (exact) mass is 363 g/mol. The normalized spacial score (nSPS) is 11.5. The van der Waals surface area contributed by atoms with E-state index in [1.54, 1.807) is 12.1 Å². The Balaban J connectivity index is 1.89. The number of halogens is 4. The molecule has 1 aromatic heterocycles. The van der Waals surface area contributed by atoms with Crippen LogP contribution in [0.15, 0.2) is 35.4 Å². The summed E-state index contributed by atoms with van der Waals surface area (Å²) in [5, 5.41) is 6.39. The molecular weight excluding hydrogens is 351 g/mol. The Hall–Kier alpha value is -1.67. The molecule has 0 radical (unpaired) electrons. The van der Waals surface area contributed by atoms with Gasteiger partial charge >= 0.3 is 6.18 Å². The summed E-state index contributed by atoms with van der Waals surface area (Å²) in [5.41, 5.74) is -1.65. The summed E-state index contributed by atoms with van der Waals surface area (Å²) in [6.07, 6.45) is -3.60. The number of hydrogen-bond donors (Lipinski definition) is 1. The zero-order valence-electron chi connectivity index (χ0n) is 12.0. The molecule has 0 aliphatic rings.